The van der Waals surface area contributed by atoms with E-state index in [0.29, 0.717) is 12.0 Å². The van der Waals surface area contributed by atoms with Crippen LogP contribution in [0.1, 0.15) is 17.2 Å². The van der Waals surface area contributed by atoms with Gasteiger partial charge < -0.3 is 5.73 Å². The number of aromatic nitrogens is 1. The first-order valence-electron chi connectivity index (χ1n) is 5.25. The van der Waals surface area contributed by atoms with Crippen molar-refractivity contribution < 1.29 is 8.78 Å². The van der Waals surface area contributed by atoms with Gasteiger partial charge in [0.05, 0.1) is 0 Å². The van der Waals surface area contributed by atoms with Gasteiger partial charge in [-0.25, -0.2) is 8.78 Å². The van der Waals surface area contributed by atoms with Crippen LogP contribution in [0.25, 0.3) is 0 Å². The lowest BCUT2D eigenvalue weighted by atomic mass is 10.0. The number of halogens is 2. The van der Waals surface area contributed by atoms with Crippen LogP contribution in [-0.4, -0.2) is 4.98 Å². The maximum Gasteiger partial charge on any atom is 0.126 e. The molecule has 1 atom stereocenters. The van der Waals surface area contributed by atoms with Crippen molar-refractivity contribution in [3.63, 3.8) is 0 Å². The standard InChI is InChI=1S/C13H12F2N2/c14-11-6-10(7-12(15)8-11)13(16)5-9-1-3-17-4-2-9/h1-4,6-8,13H,5,16H2. The van der Waals surface area contributed by atoms with E-state index in [4.69, 9.17) is 5.73 Å². The summed E-state index contributed by atoms with van der Waals surface area (Å²) in [5.74, 6) is -1.21. The Kier molecular flexibility index (Phi) is 3.44. The molecule has 2 N–H and O–H groups in total. The minimum atomic E-state index is -0.606. The molecule has 0 aliphatic carbocycles. The van der Waals surface area contributed by atoms with E-state index in [-0.39, 0.29) is 0 Å². The number of benzene rings is 1. The van der Waals surface area contributed by atoms with E-state index in [9.17, 15) is 8.78 Å². The van der Waals surface area contributed by atoms with E-state index < -0.39 is 17.7 Å². The maximum absolute atomic E-state index is 13.0. The van der Waals surface area contributed by atoms with Gasteiger partial charge in [0.15, 0.2) is 0 Å². The lowest BCUT2D eigenvalue weighted by molar-refractivity contribution is 0.572. The fourth-order valence-corrected chi connectivity index (χ4v) is 1.68. The highest BCUT2D eigenvalue weighted by molar-refractivity contribution is 5.23. The zero-order valence-corrected chi connectivity index (χ0v) is 9.11. The lowest BCUT2D eigenvalue weighted by Gasteiger charge is -2.12. The Morgan fingerprint density at radius 2 is 1.65 bits per heavy atom. The van der Waals surface area contributed by atoms with Crippen LogP contribution in [0.2, 0.25) is 0 Å². The van der Waals surface area contributed by atoms with Crippen LogP contribution >= 0.6 is 0 Å². The van der Waals surface area contributed by atoms with Crippen LogP contribution in [0.5, 0.6) is 0 Å². The fraction of sp³-hybridized carbons (Fsp3) is 0.154. The molecular formula is C13H12F2N2. The Hall–Kier alpha value is -1.81. The molecule has 2 rings (SSSR count). The summed E-state index contributed by atoms with van der Waals surface area (Å²) in [5, 5.41) is 0. The molecule has 0 amide bonds. The molecule has 1 aromatic carbocycles. The average molecular weight is 234 g/mol. The normalized spacial score (nSPS) is 12.4. The molecule has 0 radical (unpaired) electrons. The lowest BCUT2D eigenvalue weighted by Crippen LogP contribution is -2.14. The molecule has 0 aliphatic heterocycles. The van der Waals surface area contributed by atoms with E-state index in [2.05, 4.69) is 4.98 Å². The molecule has 0 aliphatic rings. The van der Waals surface area contributed by atoms with Gasteiger partial charge in [-0.05, 0) is 41.8 Å². The summed E-state index contributed by atoms with van der Waals surface area (Å²) in [6, 6.07) is 6.58. The topological polar surface area (TPSA) is 38.9 Å². The highest BCUT2D eigenvalue weighted by atomic mass is 19.1. The molecule has 17 heavy (non-hydrogen) atoms. The van der Waals surface area contributed by atoms with Crippen LogP contribution in [0.3, 0.4) is 0 Å². The van der Waals surface area contributed by atoms with E-state index in [1.807, 2.05) is 12.1 Å². The van der Waals surface area contributed by atoms with Gasteiger partial charge in [0.25, 0.3) is 0 Å². The summed E-state index contributed by atoms with van der Waals surface area (Å²) >= 11 is 0. The number of rotatable bonds is 3. The number of nitrogens with zero attached hydrogens (tertiary/aromatic N) is 1. The Bertz CT molecular complexity index is 480. The van der Waals surface area contributed by atoms with E-state index in [0.717, 1.165) is 11.6 Å². The first-order valence-corrected chi connectivity index (χ1v) is 5.25. The molecule has 2 nitrogen and oxygen atoms in total. The zero-order chi connectivity index (χ0) is 12.3. The molecule has 0 saturated heterocycles. The molecule has 0 bridgehead atoms. The molecule has 0 spiro atoms. The van der Waals surface area contributed by atoms with Gasteiger partial charge in [0.1, 0.15) is 11.6 Å². The monoisotopic (exact) mass is 234 g/mol. The van der Waals surface area contributed by atoms with Crippen molar-refractivity contribution in [2.75, 3.05) is 0 Å². The third kappa shape index (κ3) is 3.07. The molecule has 88 valence electrons. The SMILES string of the molecule is NC(Cc1ccncc1)c1cc(F)cc(F)c1. The predicted molar refractivity (Wildman–Crippen MR) is 61.2 cm³/mol. The second-order valence-corrected chi connectivity index (χ2v) is 3.87. The molecule has 0 saturated carbocycles. The Labute approximate surface area is 98.1 Å². The number of nitrogens with two attached hydrogens (primary N) is 1. The van der Waals surface area contributed by atoms with Crippen molar-refractivity contribution in [1.29, 1.82) is 0 Å². The smallest absolute Gasteiger partial charge is 0.126 e. The Morgan fingerprint density at radius 3 is 2.24 bits per heavy atom. The molecule has 1 unspecified atom stereocenters. The minimum Gasteiger partial charge on any atom is -0.324 e. The van der Waals surface area contributed by atoms with Gasteiger partial charge >= 0.3 is 0 Å². The van der Waals surface area contributed by atoms with E-state index >= 15 is 0 Å². The van der Waals surface area contributed by atoms with Gasteiger partial charge in [-0.2, -0.15) is 0 Å². The van der Waals surface area contributed by atoms with Crippen LogP contribution in [0, 0.1) is 11.6 Å². The predicted octanol–water partition coefficient (Wildman–Crippen LogP) is 2.60. The fourth-order valence-electron chi connectivity index (χ4n) is 1.68. The van der Waals surface area contributed by atoms with Crippen LogP contribution in [0.15, 0.2) is 42.7 Å². The summed E-state index contributed by atoms with van der Waals surface area (Å²) in [6.07, 6.45) is 3.84. The molecule has 0 fully saturated rings. The summed E-state index contributed by atoms with van der Waals surface area (Å²) in [6.45, 7) is 0. The molecule has 1 heterocycles. The van der Waals surface area contributed by atoms with Gasteiger partial charge in [0.2, 0.25) is 0 Å². The maximum atomic E-state index is 13.0. The number of hydrogen-bond donors (Lipinski definition) is 1. The molecule has 4 heteroatoms. The quantitative estimate of drug-likeness (QED) is 0.886. The van der Waals surface area contributed by atoms with Crippen molar-refractivity contribution in [2.45, 2.75) is 12.5 Å². The first kappa shape index (κ1) is 11.7. The largest absolute Gasteiger partial charge is 0.324 e. The average Bonchev–Trinajstić information content (AvgIpc) is 2.29. The van der Waals surface area contributed by atoms with Gasteiger partial charge in [-0.15, -0.1) is 0 Å². The van der Waals surface area contributed by atoms with Crippen molar-refractivity contribution in [3.05, 3.63) is 65.5 Å². The van der Waals surface area contributed by atoms with Crippen molar-refractivity contribution in [3.8, 4) is 0 Å². The van der Waals surface area contributed by atoms with Gasteiger partial charge in [0, 0.05) is 24.5 Å². The second-order valence-electron chi connectivity index (χ2n) is 3.87. The zero-order valence-electron chi connectivity index (χ0n) is 9.11. The third-order valence-electron chi connectivity index (χ3n) is 2.52. The molecule has 2 aromatic rings. The highest BCUT2D eigenvalue weighted by Crippen LogP contribution is 2.18. The van der Waals surface area contributed by atoms with Crippen molar-refractivity contribution >= 4 is 0 Å². The van der Waals surface area contributed by atoms with E-state index in [1.54, 1.807) is 12.4 Å². The summed E-state index contributed by atoms with van der Waals surface area (Å²) in [5.41, 5.74) is 7.35. The Morgan fingerprint density at radius 1 is 1.06 bits per heavy atom. The van der Waals surface area contributed by atoms with Gasteiger partial charge in [-0.3, -0.25) is 4.98 Å². The summed E-state index contributed by atoms with van der Waals surface area (Å²) in [4.78, 5) is 3.89. The van der Waals surface area contributed by atoms with Gasteiger partial charge in [-0.1, -0.05) is 0 Å². The van der Waals surface area contributed by atoms with Crippen molar-refractivity contribution in [1.82, 2.24) is 4.98 Å². The summed E-state index contributed by atoms with van der Waals surface area (Å²) < 4.78 is 26.0. The molecular weight excluding hydrogens is 222 g/mol. The van der Waals surface area contributed by atoms with Crippen molar-refractivity contribution in [2.24, 2.45) is 5.73 Å². The van der Waals surface area contributed by atoms with E-state index in [1.165, 1.54) is 12.1 Å². The first-order chi connectivity index (χ1) is 8.15. The number of hydrogen-bond acceptors (Lipinski definition) is 2. The number of pyridine rings is 1. The minimum absolute atomic E-state index is 0.428. The highest BCUT2D eigenvalue weighted by Gasteiger charge is 2.09. The van der Waals surface area contributed by atoms with Crippen LogP contribution in [0.4, 0.5) is 8.78 Å². The third-order valence-corrected chi connectivity index (χ3v) is 2.52. The Balaban J connectivity index is 2.17. The van der Waals surface area contributed by atoms with Crippen LogP contribution in [-0.2, 0) is 6.42 Å². The second kappa shape index (κ2) is 5.01. The van der Waals surface area contributed by atoms with Crippen LogP contribution < -0.4 is 5.73 Å². The molecule has 1 aromatic heterocycles. The summed E-state index contributed by atoms with van der Waals surface area (Å²) in [7, 11) is 0.